The van der Waals surface area contributed by atoms with Crippen LogP contribution in [0.3, 0.4) is 0 Å². The molecule has 3 unspecified atom stereocenters. The Balaban J connectivity index is 1.52. The van der Waals surface area contributed by atoms with E-state index >= 15 is 0 Å². The van der Waals surface area contributed by atoms with E-state index in [4.69, 9.17) is 0 Å². The van der Waals surface area contributed by atoms with Gasteiger partial charge in [-0.1, -0.05) is 32.0 Å². The first-order chi connectivity index (χ1) is 13.3. The Morgan fingerprint density at radius 1 is 1.07 bits per heavy atom. The predicted molar refractivity (Wildman–Crippen MR) is 110 cm³/mol. The van der Waals surface area contributed by atoms with E-state index in [0.717, 1.165) is 39.0 Å². The van der Waals surface area contributed by atoms with E-state index in [1.54, 1.807) is 30.3 Å². The fourth-order valence-corrected chi connectivity index (χ4v) is 5.88. The van der Waals surface area contributed by atoms with Gasteiger partial charge >= 0.3 is 0 Å². The van der Waals surface area contributed by atoms with Crippen LogP contribution in [0.1, 0.15) is 40.0 Å². The lowest BCUT2D eigenvalue weighted by molar-refractivity contribution is -0.139. The van der Waals surface area contributed by atoms with Crippen LogP contribution in [0.4, 0.5) is 0 Å². The van der Waals surface area contributed by atoms with E-state index in [0.29, 0.717) is 16.7 Å². The van der Waals surface area contributed by atoms with Gasteiger partial charge in [0.2, 0.25) is 15.9 Å². The first-order valence-corrected chi connectivity index (χ1v) is 11.8. The molecule has 2 aliphatic heterocycles. The number of nitrogens with zero attached hydrogens (tertiary/aromatic N) is 2. The molecular weight excluding hydrogens is 374 g/mol. The highest BCUT2D eigenvalue weighted by Gasteiger charge is 2.33. The maximum atomic E-state index is 13.0. The molecule has 0 radical (unpaired) electrons. The van der Waals surface area contributed by atoms with Gasteiger partial charge in [-0.2, -0.15) is 0 Å². The Morgan fingerprint density at radius 3 is 2.21 bits per heavy atom. The molecule has 1 aromatic carbocycles. The summed E-state index contributed by atoms with van der Waals surface area (Å²) in [4.78, 5) is 17.5. The highest BCUT2D eigenvalue weighted by atomic mass is 32.2. The summed E-state index contributed by atoms with van der Waals surface area (Å²) < 4.78 is 27.8. The summed E-state index contributed by atoms with van der Waals surface area (Å²) in [5.41, 5.74) is 0. The van der Waals surface area contributed by atoms with E-state index in [-0.39, 0.29) is 18.0 Å². The van der Waals surface area contributed by atoms with Crippen molar-refractivity contribution in [2.75, 3.05) is 26.2 Å². The summed E-state index contributed by atoms with van der Waals surface area (Å²) >= 11 is 0. The SMILES string of the molecule is CC1CC(C)CN(C(=O)C(C)N2CCC(NS(=O)(=O)c3ccccc3)CC2)C1. The summed E-state index contributed by atoms with van der Waals surface area (Å²) in [7, 11) is -3.49. The lowest BCUT2D eigenvalue weighted by Gasteiger charge is -2.40. The van der Waals surface area contributed by atoms with Crippen LogP contribution in [0.5, 0.6) is 0 Å². The van der Waals surface area contributed by atoms with Gasteiger partial charge < -0.3 is 4.90 Å². The fourth-order valence-electron chi connectivity index (χ4n) is 4.56. The second-order valence-electron chi connectivity index (χ2n) is 8.61. The smallest absolute Gasteiger partial charge is 0.240 e. The molecule has 0 bridgehead atoms. The monoisotopic (exact) mass is 407 g/mol. The molecule has 0 aromatic heterocycles. The zero-order valence-electron chi connectivity index (χ0n) is 17.2. The number of rotatable bonds is 5. The maximum Gasteiger partial charge on any atom is 0.240 e. The van der Waals surface area contributed by atoms with Crippen molar-refractivity contribution in [3.05, 3.63) is 30.3 Å². The van der Waals surface area contributed by atoms with Crippen LogP contribution >= 0.6 is 0 Å². The first-order valence-electron chi connectivity index (χ1n) is 10.4. The van der Waals surface area contributed by atoms with Crippen LogP contribution in [0.15, 0.2) is 35.2 Å². The van der Waals surface area contributed by atoms with Crippen molar-refractivity contribution < 1.29 is 13.2 Å². The zero-order valence-corrected chi connectivity index (χ0v) is 18.0. The Bertz CT molecular complexity index is 750. The zero-order chi connectivity index (χ0) is 20.3. The van der Waals surface area contributed by atoms with Gasteiger partial charge in [0.05, 0.1) is 10.9 Å². The van der Waals surface area contributed by atoms with Crippen molar-refractivity contribution in [1.82, 2.24) is 14.5 Å². The van der Waals surface area contributed by atoms with Gasteiger partial charge in [-0.3, -0.25) is 9.69 Å². The Morgan fingerprint density at radius 2 is 1.64 bits per heavy atom. The molecule has 1 aromatic rings. The van der Waals surface area contributed by atoms with Crippen LogP contribution in [-0.4, -0.2) is 62.4 Å². The average Bonchev–Trinajstić information content (AvgIpc) is 2.67. The number of amides is 1. The van der Waals surface area contributed by atoms with Crippen LogP contribution in [0.25, 0.3) is 0 Å². The van der Waals surface area contributed by atoms with Crippen molar-refractivity contribution >= 4 is 15.9 Å². The van der Waals surface area contributed by atoms with Gasteiger partial charge in [0, 0.05) is 32.2 Å². The third kappa shape index (κ3) is 5.13. The molecule has 1 amide bonds. The third-order valence-corrected chi connectivity index (χ3v) is 7.53. The standard InChI is InChI=1S/C21H33N3O3S/c1-16-13-17(2)15-24(14-16)21(25)18(3)23-11-9-19(10-12-23)22-28(26,27)20-7-5-4-6-8-20/h4-8,16-19,22H,9-15H2,1-3H3. The minimum atomic E-state index is -3.49. The molecule has 2 saturated heterocycles. The molecular formula is C21H33N3O3S. The number of hydrogen-bond donors (Lipinski definition) is 1. The largest absolute Gasteiger partial charge is 0.341 e. The molecule has 2 aliphatic rings. The van der Waals surface area contributed by atoms with Gasteiger partial charge in [0.25, 0.3) is 0 Å². The molecule has 2 heterocycles. The number of carbonyl (C=O) groups is 1. The average molecular weight is 408 g/mol. The quantitative estimate of drug-likeness (QED) is 0.813. The lowest BCUT2D eigenvalue weighted by atomic mass is 9.91. The third-order valence-electron chi connectivity index (χ3n) is 5.99. The minimum Gasteiger partial charge on any atom is -0.341 e. The summed E-state index contributed by atoms with van der Waals surface area (Å²) in [6, 6.07) is 8.25. The number of carbonyl (C=O) groups excluding carboxylic acids is 1. The van der Waals surface area contributed by atoms with Gasteiger partial charge in [-0.15, -0.1) is 0 Å². The molecule has 0 aliphatic carbocycles. The second kappa shape index (κ2) is 8.93. The molecule has 6 nitrogen and oxygen atoms in total. The van der Waals surface area contributed by atoms with Crippen molar-refractivity contribution in [3.63, 3.8) is 0 Å². The van der Waals surface area contributed by atoms with Crippen LogP contribution in [0, 0.1) is 11.8 Å². The van der Waals surface area contributed by atoms with E-state index in [9.17, 15) is 13.2 Å². The molecule has 28 heavy (non-hydrogen) atoms. The number of nitrogens with one attached hydrogen (secondary N) is 1. The number of hydrogen-bond acceptors (Lipinski definition) is 4. The summed E-state index contributed by atoms with van der Waals surface area (Å²) in [5.74, 6) is 1.32. The molecule has 156 valence electrons. The summed E-state index contributed by atoms with van der Waals surface area (Å²) in [6.45, 7) is 9.57. The molecule has 3 rings (SSSR count). The van der Waals surface area contributed by atoms with Crippen LogP contribution in [0.2, 0.25) is 0 Å². The van der Waals surface area contributed by atoms with Crippen LogP contribution in [-0.2, 0) is 14.8 Å². The molecule has 1 N–H and O–H groups in total. The molecule has 3 atom stereocenters. The van der Waals surface area contributed by atoms with Crippen molar-refractivity contribution in [1.29, 1.82) is 0 Å². The minimum absolute atomic E-state index is 0.0845. The van der Waals surface area contributed by atoms with Gasteiger partial charge in [-0.25, -0.2) is 13.1 Å². The van der Waals surface area contributed by atoms with Crippen molar-refractivity contribution in [2.24, 2.45) is 11.8 Å². The molecule has 0 saturated carbocycles. The fraction of sp³-hybridized carbons (Fsp3) is 0.667. The normalized spacial score (nSPS) is 26.2. The molecule has 0 spiro atoms. The van der Waals surface area contributed by atoms with E-state index in [1.165, 1.54) is 6.42 Å². The van der Waals surface area contributed by atoms with Gasteiger partial charge in [-0.05, 0) is 50.2 Å². The van der Waals surface area contributed by atoms with E-state index < -0.39 is 10.0 Å². The predicted octanol–water partition coefficient (Wildman–Crippen LogP) is 2.32. The Hall–Kier alpha value is -1.44. The van der Waals surface area contributed by atoms with Gasteiger partial charge in [0.1, 0.15) is 0 Å². The van der Waals surface area contributed by atoms with Crippen molar-refractivity contribution in [3.8, 4) is 0 Å². The topological polar surface area (TPSA) is 69.7 Å². The summed E-state index contributed by atoms with van der Waals surface area (Å²) in [6.07, 6.45) is 2.62. The highest BCUT2D eigenvalue weighted by Crippen LogP contribution is 2.23. The maximum absolute atomic E-state index is 13.0. The summed E-state index contributed by atoms with van der Waals surface area (Å²) in [5, 5.41) is 0. The van der Waals surface area contributed by atoms with Crippen LogP contribution < -0.4 is 4.72 Å². The lowest BCUT2D eigenvalue weighted by Crippen LogP contribution is -2.54. The molecule has 7 heteroatoms. The molecule has 2 fully saturated rings. The number of sulfonamides is 1. The highest BCUT2D eigenvalue weighted by molar-refractivity contribution is 7.89. The number of likely N-dealkylation sites (tertiary alicyclic amines) is 2. The van der Waals surface area contributed by atoms with Gasteiger partial charge in [0.15, 0.2) is 0 Å². The first kappa shape index (κ1) is 21.3. The van der Waals surface area contributed by atoms with E-state index in [2.05, 4.69) is 23.5 Å². The van der Waals surface area contributed by atoms with E-state index in [1.807, 2.05) is 11.8 Å². The Labute approximate surface area is 169 Å². The number of piperidine rings is 2. The second-order valence-corrected chi connectivity index (χ2v) is 10.3. The number of benzene rings is 1. The van der Waals surface area contributed by atoms with Crippen molar-refractivity contribution in [2.45, 2.75) is 57.0 Å². The Kier molecular flexibility index (Phi) is 6.78.